The Hall–Kier alpha value is -1.85. The van der Waals surface area contributed by atoms with Crippen molar-refractivity contribution >= 4 is 15.7 Å². The summed E-state index contributed by atoms with van der Waals surface area (Å²) in [6, 6.07) is 12.5. The minimum atomic E-state index is -3.58. The lowest BCUT2D eigenvalue weighted by Crippen LogP contribution is -2.14. The van der Waals surface area contributed by atoms with Gasteiger partial charge in [-0.05, 0) is 48.2 Å². The Balaban J connectivity index is 2.29. The monoisotopic (exact) mass is 304 g/mol. The largest absolute Gasteiger partial charge is 0.326 e. The van der Waals surface area contributed by atoms with Crippen LogP contribution in [0.2, 0.25) is 0 Å². The van der Waals surface area contributed by atoms with Crippen molar-refractivity contribution in [2.45, 2.75) is 31.7 Å². The Morgan fingerprint density at radius 2 is 1.67 bits per heavy atom. The lowest BCUT2D eigenvalue weighted by molar-refractivity contribution is 0.600. The molecule has 2 aromatic rings. The van der Waals surface area contributed by atoms with Crippen molar-refractivity contribution < 1.29 is 8.42 Å². The molecular weight excluding hydrogens is 284 g/mol. The van der Waals surface area contributed by atoms with Crippen LogP contribution in [0.15, 0.2) is 47.4 Å². The molecule has 5 heteroatoms. The molecule has 0 heterocycles. The standard InChI is InChI=1S/C16H20N2O2S/c1-3-13-4-7-15(8-5-13)18-21(19,20)16-9-6-14(11-17)10-12(16)2/h4-10,18H,3,11,17H2,1-2H3. The van der Waals surface area contributed by atoms with Crippen molar-refractivity contribution in [3.05, 3.63) is 59.2 Å². The zero-order valence-corrected chi connectivity index (χ0v) is 13.1. The number of benzene rings is 2. The Bertz CT molecular complexity index is 722. The maximum atomic E-state index is 12.4. The molecule has 0 aliphatic heterocycles. The van der Waals surface area contributed by atoms with Crippen LogP contribution in [0.3, 0.4) is 0 Å². The lowest BCUT2D eigenvalue weighted by atomic mass is 10.1. The van der Waals surface area contributed by atoms with Gasteiger partial charge in [-0.1, -0.05) is 31.2 Å². The van der Waals surface area contributed by atoms with Gasteiger partial charge in [-0.2, -0.15) is 0 Å². The molecule has 0 radical (unpaired) electrons. The Morgan fingerprint density at radius 1 is 1.05 bits per heavy atom. The third kappa shape index (κ3) is 3.62. The second kappa shape index (κ2) is 6.28. The number of nitrogens with one attached hydrogen (secondary N) is 1. The molecule has 0 amide bonds. The van der Waals surface area contributed by atoms with E-state index in [-0.39, 0.29) is 4.90 Å². The van der Waals surface area contributed by atoms with Crippen LogP contribution in [-0.2, 0) is 23.0 Å². The molecule has 0 saturated carbocycles. The summed E-state index contributed by atoms with van der Waals surface area (Å²) in [5.41, 5.74) is 8.90. The van der Waals surface area contributed by atoms with Gasteiger partial charge in [0, 0.05) is 12.2 Å². The molecule has 0 spiro atoms. The highest BCUT2D eigenvalue weighted by Crippen LogP contribution is 2.20. The van der Waals surface area contributed by atoms with Crippen molar-refractivity contribution in [2.75, 3.05) is 4.72 Å². The molecule has 0 saturated heterocycles. The molecule has 112 valence electrons. The van der Waals surface area contributed by atoms with Crippen LogP contribution < -0.4 is 10.5 Å². The first kappa shape index (κ1) is 15.5. The van der Waals surface area contributed by atoms with Gasteiger partial charge in [0.1, 0.15) is 0 Å². The predicted octanol–water partition coefficient (Wildman–Crippen LogP) is 2.82. The number of hydrogen-bond acceptors (Lipinski definition) is 3. The lowest BCUT2D eigenvalue weighted by Gasteiger charge is -2.11. The van der Waals surface area contributed by atoms with E-state index in [0.29, 0.717) is 17.8 Å². The molecule has 0 fully saturated rings. The smallest absolute Gasteiger partial charge is 0.262 e. The van der Waals surface area contributed by atoms with Crippen molar-refractivity contribution in [2.24, 2.45) is 5.73 Å². The van der Waals surface area contributed by atoms with Gasteiger partial charge in [-0.3, -0.25) is 4.72 Å². The van der Waals surface area contributed by atoms with E-state index in [2.05, 4.69) is 11.6 Å². The van der Waals surface area contributed by atoms with E-state index in [1.165, 1.54) is 5.56 Å². The molecular formula is C16H20N2O2S. The van der Waals surface area contributed by atoms with Crippen LogP contribution in [-0.4, -0.2) is 8.42 Å². The normalized spacial score (nSPS) is 11.4. The van der Waals surface area contributed by atoms with Crippen molar-refractivity contribution in [1.29, 1.82) is 0 Å². The Morgan fingerprint density at radius 3 is 2.19 bits per heavy atom. The molecule has 2 rings (SSSR count). The molecule has 21 heavy (non-hydrogen) atoms. The molecule has 0 unspecified atom stereocenters. The SMILES string of the molecule is CCc1ccc(NS(=O)(=O)c2ccc(CN)cc2C)cc1. The third-order valence-electron chi connectivity index (χ3n) is 3.38. The van der Waals surface area contributed by atoms with E-state index in [9.17, 15) is 8.42 Å². The molecule has 2 aromatic carbocycles. The molecule has 0 bridgehead atoms. The van der Waals surface area contributed by atoms with Crippen LogP contribution in [0.1, 0.15) is 23.6 Å². The summed E-state index contributed by atoms with van der Waals surface area (Å²) in [6.45, 7) is 4.22. The van der Waals surface area contributed by atoms with Crippen molar-refractivity contribution in [1.82, 2.24) is 0 Å². The van der Waals surface area contributed by atoms with Crippen LogP contribution in [0.4, 0.5) is 5.69 Å². The van der Waals surface area contributed by atoms with E-state index in [4.69, 9.17) is 5.73 Å². The van der Waals surface area contributed by atoms with Gasteiger partial charge in [-0.15, -0.1) is 0 Å². The van der Waals surface area contributed by atoms with E-state index >= 15 is 0 Å². The van der Waals surface area contributed by atoms with Gasteiger partial charge in [0.15, 0.2) is 0 Å². The van der Waals surface area contributed by atoms with Gasteiger partial charge < -0.3 is 5.73 Å². The second-order valence-corrected chi connectivity index (χ2v) is 6.61. The van der Waals surface area contributed by atoms with Crippen LogP contribution >= 0.6 is 0 Å². The third-order valence-corrected chi connectivity index (χ3v) is 4.92. The highest BCUT2D eigenvalue weighted by molar-refractivity contribution is 7.92. The van der Waals surface area contributed by atoms with Crippen LogP contribution in [0.25, 0.3) is 0 Å². The number of rotatable bonds is 5. The first-order chi connectivity index (χ1) is 9.96. The molecule has 0 atom stereocenters. The molecule has 4 nitrogen and oxygen atoms in total. The maximum absolute atomic E-state index is 12.4. The number of hydrogen-bond donors (Lipinski definition) is 2. The van der Waals surface area contributed by atoms with E-state index in [0.717, 1.165) is 12.0 Å². The summed E-state index contributed by atoms with van der Waals surface area (Å²) in [5, 5.41) is 0. The molecule has 0 aliphatic carbocycles. The highest BCUT2D eigenvalue weighted by atomic mass is 32.2. The van der Waals surface area contributed by atoms with E-state index in [1.54, 1.807) is 37.3 Å². The van der Waals surface area contributed by atoms with Gasteiger partial charge in [0.25, 0.3) is 10.0 Å². The molecule has 0 aliphatic rings. The van der Waals surface area contributed by atoms with Crippen molar-refractivity contribution in [3.8, 4) is 0 Å². The average Bonchev–Trinajstić information content (AvgIpc) is 2.47. The van der Waals surface area contributed by atoms with Gasteiger partial charge in [0.2, 0.25) is 0 Å². The number of aryl methyl sites for hydroxylation is 2. The Labute approximate surface area is 126 Å². The zero-order chi connectivity index (χ0) is 15.5. The predicted molar refractivity (Wildman–Crippen MR) is 85.7 cm³/mol. The van der Waals surface area contributed by atoms with Crippen LogP contribution in [0.5, 0.6) is 0 Å². The number of anilines is 1. The topological polar surface area (TPSA) is 72.2 Å². The fraction of sp³-hybridized carbons (Fsp3) is 0.250. The minimum absolute atomic E-state index is 0.277. The van der Waals surface area contributed by atoms with Gasteiger partial charge >= 0.3 is 0 Å². The van der Waals surface area contributed by atoms with E-state index in [1.807, 2.05) is 12.1 Å². The zero-order valence-electron chi connectivity index (χ0n) is 12.3. The first-order valence-electron chi connectivity index (χ1n) is 6.87. The summed E-state index contributed by atoms with van der Waals surface area (Å²) in [4.78, 5) is 0.277. The highest BCUT2D eigenvalue weighted by Gasteiger charge is 2.16. The average molecular weight is 304 g/mol. The summed E-state index contributed by atoms with van der Waals surface area (Å²) < 4.78 is 27.5. The van der Waals surface area contributed by atoms with Crippen LogP contribution in [0, 0.1) is 6.92 Å². The first-order valence-corrected chi connectivity index (χ1v) is 8.36. The number of sulfonamides is 1. The Kier molecular flexibility index (Phi) is 4.65. The number of nitrogens with two attached hydrogens (primary N) is 1. The fourth-order valence-electron chi connectivity index (χ4n) is 2.16. The fourth-order valence-corrected chi connectivity index (χ4v) is 3.44. The maximum Gasteiger partial charge on any atom is 0.262 e. The van der Waals surface area contributed by atoms with Crippen molar-refractivity contribution in [3.63, 3.8) is 0 Å². The summed E-state index contributed by atoms with van der Waals surface area (Å²) in [6.07, 6.45) is 0.923. The summed E-state index contributed by atoms with van der Waals surface area (Å²) in [5.74, 6) is 0. The molecule has 0 aromatic heterocycles. The van der Waals surface area contributed by atoms with Gasteiger partial charge in [-0.25, -0.2) is 8.42 Å². The molecule has 3 N–H and O–H groups in total. The van der Waals surface area contributed by atoms with E-state index < -0.39 is 10.0 Å². The summed E-state index contributed by atoms with van der Waals surface area (Å²) in [7, 11) is -3.58. The summed E-state index contributed by atoms with van der Waals surface area (Å²) >= 11 is 0. The quantitative estimate of drug-likeness (QED) is 0.892. The minimum Gasteiger partial charge on any atom is -0.326 e. The van der Waals surface area contributed by atoms with Gasteiger partial charge in [0.05, 0.1) is 4.90 Å². The second-order valence-electron chi connectivity index (χ2n) is 4.96.